The lowest BCUT2D eigenvalue weighted by Crippen LogP contribution is -2.31. The molecule has 0 bridgehead atoms. The summed E-state index contributed by atoms with van der Waals surface area (Å²) in [5, 5.41) is 2.97. The van der Waals surface area contributed by atoms with Crippen molar-refractivity contribution < 1.29 is 19.0 Å². The summed E-state index contributed by atoms with van der Waals surface area (Å²) < 4.78 is 17.3. The van der Waals surface area contributed by atoms with E-state index in [0.717, 1.165) is 42.1 Å². The number of amides is 1. The molecule has 3 aromatic carbocycles. The van der Waals surface area contributed by atoms with E-state index >= 15 is 0 Å². The van der Waals surface area contributed by atoms with Crippen LogP contribution in [-0.2, 0) is 11.3 Å². The predicted octanol–water partition coefficient (Wildman–Crippen LogP) is 5.24. The first kappa shape index (κ1) is 21.9. The average molecular weight is 432 g/mol. The van der Waals surface area contributed by atoms with E-state index in [1.165, 1.54) is 5.56 Å². The molecule has 0 radical (unpaired) electrons. The van der Waals surface area contributed by atoms with Crippen LogP contribution in [0.1, 0.15) is 35.7 Å². The van der Waals surface area contributed by atoms with Gasteiger partial charge in [0, 0.05) is 24.3 Å². The lowest BCUT2D eigenvalue weighted by atomic mass is 10.1. The average Bonchev–Trinajstić information content (AvgIpc) is 3.37. The Kier molecular flexibility index (Phi) is 7.41. The van der Waals surface area contributed by atoms with Crippen LogP contribution in [0.4, 0.5) is 0 Å². The van der Waals surface area contributed by atoms with Crippen LogP contribution in [0.25, 0.3) is 11.1 Å². The van der Waals surface area contributed by atoms with Gasteiger partial charge in [0.2, 0.25) is 0 Å². The van der Waals surface area contributed by atoms with Gasteiger partial charge in [0.05, 0.1) is 12.7 Å². The standard InChI is InChI=1S/C27H29NO4/c1-2-30-26-15-12-22(27(29)28-18-25-9-6-16-31-25)17-23(26)19-32-24-13-10-21(11-14-24)20-7-4-3-5-8-20/h3-5,7-8,10-15,17,25H,2,6,9,16,18-19H2,1H3,(H,28,29)/t25-/m0/s1. The zero-order chi connectivity index (χ0) is 22.2. The normalized spacial score (nSPS) is 15.3. The molecule has 32 heavy (non-hydrogen) atoms. The van der Waals surface area contributed by atoms with E-state index in [2.05, 4.69) is 17.4 Å². The molecular formula is C27H29NO4. The summed E-state index contributed by atoms with van der Waals surface area (Å²) in [5.74, 6) is 1.38. The molecule has 166 valence electrons. The summed E-state index contributed by atoms with van der Waals surface area (Å²) in [5.41, 5.74) is 3.73. The van der Waals surface area contributed by atoms with E-state index in [4.69, 9.17) is 14.2 Å². The second-order valence-electron chi connectivity index (χ2n) is 7.78. The van der Waals surface area contributed by atoms with Gasteiger partial charge in [0.15, 0.2) is 0 Å². The van der Waals surface area contributed by atoms with Gasteiger partial charge < -0.3 is 19.5 Å². The number of hydrogen-bond donors (Lipinski definition) is 1. The van der Waals surface area contributed by atoms with Crippen molar-refractivity contribution in [3.8, 4) is 22.6 Å². The summed E-state index contributed by atoms with van der Waals surface area (Å²) >= 11 is 0. The molecule has 0 spiro atoms. The third-order valence-electron chi connectivity index (χ3n) is 5.49. The third-order valence-corrected chi connectivity index (χ3v) is 5.49. The summed E-state index contributed by atoms with van der Waals surface area (Å²) in [7, 11) is 0. The van der Waals surface area contributed by atoms with Crippen molar-refractivity contribution in [3.05, 3.63) is 83.9 Å². The Balaban J connectivity index is 1.41. The molecule has 1 aliphatic rings. The smallest absolute Gasteiger partial charge is 0.251 e. The molecule has 4 rings (SSSR count). The van der Waals surface area contributed by atoms with Crippen LogP contribution in [-0.4, -0.2) is 31.8 Å². The fraction of sp³-hybridized carbons (Fsp3) is 0.296. The molecule has 0 unspecified atom stereocenters. The zero-order valence-corrected chi connectivity index (χ0v) is 18.4. The van der Waals surface area contributed by atoms with Crippen molar-refractivity contribution in [2.24, 2.45) is 0 Å². The van der Waals surface area contributed by atoms with Crippen molar-refractivity contribution in [1.82, 2.24) is 5.32 Å². The highest BCUT2D eigenvalue weighted by Gasteiger charge is 2.17. The molecule has 1 saturated heterocycles. The quantitative estimate of drug-likeness (QED) is 0.503. The highest BCUT2D eigenvalue weighted by Crippen LogP contribution is 2.25. The first-order chi connectivity index (χ1) is 15.7. The van der Waals surface area contributed by atoms with E-state index in [1.807, 2.05) is 61.5 Å². The molecule has 1 aliphatic heterocycles. The highest BCUT2D eigenvalue weighted by atomic mass is 16.5. The number of hydrogen-bond acceptors (Lipinski definition) is 4. The summed E-state index contributed by atoms with van der Waals surface area (Å²) in [6, 6.07) is 23.7. The van der Waals surface area contributed by atoms with Gasteiger partial charge in [0.1, 0.15) is 18.1 Å². The molecule has 3 aromatic rings. The maximum absolute atomic E-state index is 12.6. The van der Waals surface area contributed by atoms with E-state index in [1.54, 1.807) is 6.07 Å². The van der Waals surface area contributed by atoms with Gasteiger partial charge in [0.25, 0.3) is 5.91 Å². The fourth-order valence-electron chi connectivity index (χ4n) is 3.78. The first-order valence-corrected chi connectivity index (χ1v) is 11.2. The Morgan fingerprint density at radius 3 is 2.50 bits per heavy atom. The van der Waals surface area contributed by atoms with Crippen LogP contribution in [0.3, 0.4) is 0 Å². The number of benzene rings is 3. The van der Waals surface area contributed by atoms with E-state index in [0.29, 0.717) is 25.3 Å². The molecule has 5 heteroatoms. The maximum Gasteiger partial charge on any atom is 0.251 e. The van der Waals surface area contributed by atoms with Gasteiger partial charge in [-0.1, -0.05) is 42.5 Å². The van der Waals surface area contributed by atoms with E-state index < -0.39 is 0 Å². The Bertz CT molecular complexity index is 1010. The summed E-state index contributed by atoms with van der Waals surface area (Å²) in [4.78, 5) is 12.6. The van der Waals surface area contributed by atoms with Crippen molar-refractivity contribution in [1.29, 1.82) is 0 Å². The number of carbonyl (C=O) groups excluding carboxylic acids is 1. The SMILES string of the molecule is CCOc1ccc(C(=O)NC[C@@H]2CCCO2)cc1COc1ccc(-c2ccccc2)cc1. The fourth-order valence-corrected chi connectivity index (χ4v) is 3.78. The highest BCUT2D eigenvalue weighted by molar-refractivity contribution is 5.94. The number of nitrogens with one attached hydrogen (secondary N) is 1. The van der Waals surface area contributed by atoms with Crippen LogP contribution in [0.5, 0.6) is 11.5 Å². The molecular weight excluding hydrogens is 402 g/mol. The minimum atomic E-state index is -0.114. The van der Waals surface area contributed by atoms with Crippen molar-refractivity contribution in [2.75, 3.05) is 19.8 Å². The molecule has 5 nitrogen and oxygen atoms in total. The number of rotatable bonds is 9. The lowest BCUT2D eigenvalue weighted by molar-refractivity contribution is 0.0857. The van der Waals surface area contributed by atoms with E-state index in [9.17, 15) is 4.79 Å². The Hall–Kier alpha value is -3.31. The first-order valence-electron chi connectivity index (χ1n) is 11.2. The van der Waals surface area contributed by atoms with Gasteiger partial charge >= 0.3 is 0 Å². The molecule has 1 atom stereocenters. The maximum atomic E-state index is 12.6. The van der Waals surface area contributed by atoms with Gasteiger partial charge in [-0.25, -0.2) is 0 Å². The number of ether oxygens (including phenoxy) is 3. The Labute approximate surface area is 189 Å². The van der Waals surface area contributed by atoms with Crippen LogP contribution in [0, 0.1) is 0 Å². The summed E-state index contributed by atoms with van der Waals surface area (Å²) in [6.45, 7) is 4.11. The number of carbonyl (C=O) groups is 1. The molecule has 1 fully saturated rings. The molecule has 0 saturated carbocycles. The Morgan fingerprint density at radius 2 is 1.78 bits per heavy atom. The van der Waals surface area contributed by atoms with Gasteiger partial charge in [-0.05, 0) is 61.2 Å². The topological polar surface area (TPSA) is 56.8 Å². The largest absolute Gasteiger partial charge is 0.493 e. The summed E-state index contributed by atoms with van der Waals surface area (Å²) in [6.07, 6.45) is 2.16. The second-order valence-corrected chi connectivity index (χ2v) is 7.78. The van der Waals surface area contributed by atoms with Gasteiger partial charge in [-0.3, -0.25) is 4.79 Å². The van der Waals surface area contributed by atoms with Crippen molar-refractivity contribution in [2.45, 2.75) is 32.5 Å². The lowest BCUT2D eigenvalue weighted by Gasteiger charge is -2.15. The predicted molar refractivity (Wildman–Crippen MR) is 125 cm³/mol. The molecule has 1 amide bonds. The van der Waals surface area contributed by atoms with Crippen LogP contribution >= 0.6 is 0 Å². The molecule has 0 aliphatic carbocycles. The zero-order valence-electron chi connectivity index (χ0n) is 18.4. The Morgan fingerprint density at radius 1 is 1.00 bits per heavy atom. The van der Waals surface area contributed by atoms with Crippen LogP contribution < -0.4 is 14.8 Å². The van der Waals surface area contributed by atoms with Gasteiger partial charge in [-0.15, -0.1) is 0 Å². The molecule has 1 N–H and O–H groups in total. The molecule has 0 aromatic heterocycles. The van der Waals surface area contributed by atoms with Crippen molar-refractivity contribution in [3.63, 3.8) is 0 Å². The molecule has 1 heterocycles. The minimum absolute atomic E-state index is 0.114. The van der Waals surface area contributed by atoms with Crippen LogP contribution in [0.2, 0.25) is 0 Å². The van der Waals surface area contributed by atoms with Crippen LogP contribution in [0.15, 0.2) is 72.8 Å². The van der Waals surface area contributed by atoms with Gasteiger partial charge in [-0.2, -0.15) is 0 Å². The van der Waals surface area contributed by atoms with E-state index in [-0.39, 0.29) is 12.0 Å². The second kappa shape index (κ2) is 10.8. The monoisotopic (exact) mass is 431 g/mol. The van der Waals surface area contributed by atoms with Crippen molar-refractivity contribution >= 4 is 5.91 Å². The minimum Gasteiger partial charge on any atom is -0.493 e. The third kappa shape index (κ3) is 5.68.